The van der Waals surface area contributed by atoms with E-state index in [9.17, 15) is 43.2 Å². The van der Waals surface area contributed by atoms with Gasteiger partial charge in [0.2, 0.25) is 17.7 Å². The first-order valence-corrected chi connectivity index (χ1v) is 21.3. The Morgan fingerprint density at radius 1 is 0.820 bits per heavy atom. The second kappa shape index (κ2) is 26.2. The molecule has 0 bridgehead atoms. The summed E-state index contributed by atoms with van der Waals surface area (Å²) in [5.74, 6) is -4.88. The molecule has 0 radical (unpaired) electrons. The Labute approximate surface area is 361 Å². The number of hydrogen-bond acceptors (Lipinski definition) is 14. The summed E-state index contributed by atoms with van der Waals surface area (Å²) in [6.07, 6.45) is 1.25. The van der Waals surface area contributed by atoms with E-state index in [1.807, 2.05) is 53.4 Å². The predicted octanol–water partition coefficient (Wildman–Crippen LogP) is 2.72. The second-order valence-corrected chi connectivity index (χ2v) is 16.8. The molecule has 5 amide bonds. The minimum Gasteiger partial charge on any atom is -0.468 e. The van der Waals surface area contributed by atoms with Gasteiger partial charge in [0.15, 0.2) is 5.78 Å². The minimum atomic E-state index is -1.01. The molecule has 0 aromatic rings. The third kappa shape index (κ3) is 15.8. The van der Waals surface area contributed by atoms with Crippen LogP contribution in [0.2, 0.25) is 0 Å². The zero-order valence-electron chi connectivity index (χ0n) is 38.7. The van der Waals surface area contributed by atoms with Crippen LogP contribution in [0.4, 0.5) is 0 Å². The van der Waals surface area contributed by atoms with Gasteiger partial charge in [0.1, 0.15) is 12.2 Å². The molecule has 348 valence electrons. The number of hydrogen-bond donors (Lipinski definition) is 1. The Kier molecular flexibility index (Phi) is 23.5. The minimum absolute atomic E-state index is 0.00288. The van der Waals surface area contributed by atoms with E-state index in [1.54, 1.807) is 38.1 Å². The first kappa shape index (κ1) is 54.7. The molecule has 18 heteroatoms. The molecule has 0 saturated carbocycles. The topological polar surface area (TPSA) is 230 Å². The Morgan fingerprint density at radius 2 is 1.41 bits per heavy atom. The van der Waals surface area contributed by atoms with Gasteiger partial charge in [-0.3, -0.25) is 43.3 Å². The molecule has 8 atom stereocenters. The number of ketones is 2. The van der Waals surface area contributed by atoms with Gasteiger partial charge < -0.3 is 34.6 Å². The summed E-state index contributed by atoms with van der Waals surface area (Å²) in [6, 6.07) is -1.18. The molecule has 18 nitrogen and oxygen atoms in total. The Morgan fingerprint density at radius 3 is 1.87 bits per heavy atom. The van der Waals surface area contributed by atoms with Gasteiger partial charge in [0.05, 0.1) is 50.4 Å². The van der Waals surface area contributed by atoms with Crippen molar-refractivity contribution in [2.24, 2.45) is 35.3 Å². The highest BCUT2D eigenvalue weighted by Crippen LogP contribution is 2.31. The number of imide groups is 1. The molecule has 2 fully saturated rings. The molecule has 2 aliphatic rings. The van der Waals surface area contributed by atoms with Crippen molar-refractivity contribution in [3.63, 3.8) is 0 Å². The highest BCUT2D eigenvalue weighted by Gasteiger charge is 2.43. The number of esters is 1. The zero-order chi connectivity index (χ0) is 46.9. The molecule has 2 N–H and O–H groups in total. The largest absolute Gasteiger partial charge is 0.468 e. The van der Waals surface area contributed by atoms with E-state index in [2.05, 4.69) is 11.8 Å². The molecule has 0 spiro atoms. The van der Waals surface area contributed by atoms with Crippen LogP contribution in [0.5, 0.6) is 0 Å². The van der Waals surface area contributed by atoms with Crippen molar-refractivity contribution in [2.45, 2.75) is 144 Å². The second-order valence-electron chi connectivity index (χ2n) is 16.8. The molecular weight excluding hydrogens is 794 g/mol. The van der Waals surface area contributed by atoms with Crippen molar-refractivity contribution in [1.29, 1.82) is 0 Å². The fraction of sp³-hybridized carbons (Fsp3) is 0.791. The highest BCUT2D eigenvalue weighted by atomic mass is 16.7. The summed E-state index contributed by atoms with van der Waals surface area (Å²) in [5, 5.41) is 0.366. The predicted molar refractivity (Wildman–Crippen MR) is 224 cm³/mol. The van der Waals surface area contributed by atoms with Crippen molar-refractivity contribution in [2.75, 3.05) is 48.5 Å². The van der Waals surface area contributed by atoms with E-state index >= 15 is 0 Å². The van der Waals surface area contributed by atoms with Crippen LogP contribution >= 0.6 is 0 Å². The van der Waals surface area contributed by atoms with Crippen LogP contribution < -0.4 is 5.73 Å². The summed E-state index contributed by atoms with van der Waals surface area (Å²) in [7, 11) is 7.95. The number of hydroxylamine groups is 2. The highest BCUT2D eigenvalue weighted by molar-refractivity contribution is 6.02. The molecule has 0 aliphatic carbocycles. The molecule has 2 aliphatic heterocycles. The molecule has 2 heterocycles. The van der Waals surface area contributed by atoms with Crippen LogP contribution in [-0.2, 0) is 62.2 Å². The number of nitrogens with zero attached hydrogens (tertiary/aromatic N) is 4. The van der Waals surface area contributed by atoms with Gasteiger partial charge in [-0.05, 0) is 37.6 Å². The van der Waals surface area contributed by atoms with E-state index in [1.165, 1.54) is 7.11 Å². The number of methoxy groups -OCH3 is 3. The Hall–Kier alpha value is -4.29. The van der Waals surface area contributed by atoms with Crippen LogP contribution in [0.3, 0.4) is 0 Å². The van der Waals surface area contributed by atoms with Gasteiger partial charge >= 0.3 is 11.9 Å². The molecule has 2 rings (SSSR count). The van der Waals surface area contributed by atoms with Gasteiger partial charge in [0, 0.05) is 65.3 Å². The van der Waals surface area contributed by atoms with E-state index in [0.29, 0.717) is 18.0 Å². The molecule has 0 aromatic carbocycles. The van der Waals surface area contributed by atoms with E-state index in [4.69, 9.17) is 19.9 Å². The number of carbonyl (C=O) groups is 9. The summed E-state index contributed by atoms with van der Waals surface area (Å²) in [6.45, 7) is 16.1. The number of nitrogens with two attached hydrogens (primary N) is 1. The maximum absolute atomic E-state index is 14.3. The smallest absolute Gasteiger partial charge is 0.342 e. The van der Waals surface area contributed by atoms with Gasteiger partial charge in [-0.15, -0.1) is 5.06 Å². The number of Topliss-reactive ketones (excluding diaryl/α,β-unsaturated/α-hetero) is 2. The fourth-order valence-corrected chi connectivity index (χ4v) is 8.30. The number of ether oxygens (including phenoxy) is 3. The number of rotatable bonds is 24. The Bertz CT molecular complexity index is 1520. The van der Waals surface area contributed by atoms with Crippen molar-refractivity contribution in [1.82, 2.24) is 19.8 Å². The maximum Gasteiger partial charge on any atom is 0.342 e. The van der Waals surface area contributed by atoms with Crippen LogP contribution in [-0.4, -0.2) is 152 Å². The monoisotopic (exact) mass is 868 g/mol. The summed E-state index contributed by atoms with van der Waals surface area (Å²) >= 11 is 0. The van der Waals surface area contributed by atoms with Crippen LogP contribution in [0, 0.1) is 29.6 Å². The molecule has 61 heavy (non-hydrogen) atoms. The first-order valence-electron chi connectivity index (χ1n) is 21.3. The number of carbonyl (C=O) groups excluding carboxylic acids is 9. The lowest BCUT2D eigenvalue weighted by Gasteiger charge is -2.41. The van der Waals surface area contributed by atoms with Crippen molar-refractivity contribution >= 4 is 53.0 Å². The zero-order valence-corrected chi connectivity index (χ0v) is 38.7. The van der Waals surface area contributed by atoms with Gasteiger partial charge in [-0.25, -0.2) is 4.79 Å². The van der Waals surface area contributed by atoms with Gasteiger partial charge in [-0.2, -0.15) is 0 Å². The standard InChI is InChI=1S/C36H65N3O8.C7H8N2O5/c1-14-24(7)34(30(45-11)20-31(42)39-18-16-17-27(39)35(47-13)25(8)28(40)15-2)38(10)36(44)26(22(3)4)19-29(41)33(23(5)6)37(9)21-32(43)46-12;8-4(10)3-7(13)14-9-5(11)1-2-6(9)12/h22-27,30,33-35H,14-21H2,1-13H3;1-3H2,(H2,8,10)/t24-,25-,26-,27-,30+,33-,34-,35+;/m0./s1. The lowest BCUT2D eigenvalue weighted by Crippen LogP contribution is -2.54. The molecular formula is C43H73N5O13. The summed E-state index contributed by atoms with van der Waals surface area (Å²) in [5.41, 5.74) is 4.71. The Balaban J connectivity index is 0.00000111. The number of likely N-dealkylation sites (N-methyl/N-ethyl adjacent to an activating group) is 2. The SMILES string of the molecule is CCC(=O)[C@H](C)[C@@H](OC)[C@@H]1CCCN1C(=O)C[C@@H](OC)[C@H]([C@@H](C)CC)N(C)C(=O)[C@@H](CC(=O)[C@H](C(C)C)N(C)CC(=O)OC)C(C)C.NC(=O)CC(=O)ON1C(=O)CCC1=O. The lowest BCUT2D eigenvalue weighted by atomic mass is 9.83. The average Bonchev–Trinajstić information content (AvgIpc) is 3.81. The number of amides is 5. The van der Waals surface area contributed by atoms with Gasteiger partial charge in [0.25, 0.3) is 11.8 Å². The maximum atomic E-state index is 14.3. The number of primary amides is 1. The van der Waals surface area contributed by atoms with E-state index < -0.39 is 66.3 Å². The summed E-state index contributed by atoms with van der Waals surface area (Å²) < 4.78 is 16.6. The van der Waals surface area contributed by atoms with Crippen molar-refractivity contribution in [3.8, 4) is 0 Å². The van der Waals surface area contributed by atoms with Crippen molar-refractivity contribution < 1.29 is 62.2 Å². The number of likely N-dealkylation sites (tertiary alicyclic amines) is 1. The normalized spacial score (nSPS) is 18.8. The summed E-state index contributed by atoms with van der Waals surface area (Å²) in [4.78, 5) is 119. The average molecular weight is 868 g/mol. The molecule has 0 unspecified atom stereocenters. The van der Waals surface area contributed by atoms with Crippen LogP contribution in [0.1, 0.15) is 113 Å². The lowest BCUT2D eigenvalue weighted by molar-refractivity contribution is -0.197. The third-order valence-corrected chi connectivity index (χ3v) is 11.8. The third-order valence-electron chi connectivity index (χ3n) is 11.8. The van der Waals surface area contributed by atoms with Crippen LogP contribution in [0.15, 0.2) is 0 Å². The molecule has 0 aromatic heterocycles. The molecule has 2 saturated heterocycles. The van der Waals surface area contributed by atoms with Crippen LogP contribution in [0.25, 0.3) is 0 Å². The van der Waals surface area contributed by atoms with Crippen molar-refractivity contribution in [3.05, 3.63) is 0 Å². The quantitative estimate of drug-likeness (QED) is 0.0836. The fourth-order valence-electron chi connectivity index (χ4n) is 8.30. The van der Waals surface area contributed by atoms with E-state index in [-0.39, 0.29) is 85.3 Å². The first-order chi connectivity index (χ1) is 28.5. The van der Waals surface area contributed by atoms with Gasteiger partial charge in [-0.1, -0.05) is 61.8 Å². The van der Waals surface area contributed by atoms with E-state index in [0.717, 1.165) is 19.3 Å².